The number of phenolic OH excluding ortho intramolecular Hbond substituents is 1. The smallest absolute Gasteiger partial charge is 0.231 e. The Bertz CT molecular complexity index is 784. The topological polar surface area (TPSA) is 65.0 Å². The van der Waals surface area contributed by atoms with E-state index in [0.717, 1.165) is 23.5 Å². The Morgan fingerprint density at radius 1 is 1.16 bits per heavy atom. The lowest BCUT2D eigenvalue weighted by Crippen LogP contribution is -2.21. The maximum Gasteiger partial charge on any atom is 0.231 e. The zero-order valence-corrected chi connectivity index (χ0v) is 14.6. The second-order valence-electron chi connectivity index (χ2n) is 6.41. The van der Waals surface area contributed by atoms with Crippen molar-refractivity contribution < 1.29 is 24.1 Å². The average Bonchev–Trinajstić information content (AvgIpc) is 3.08. The van der Waals surface area contributed by atoms with E-state index in [1.165, 1.54) is 13.2 Å². The van der Waals surface area contributed by atoms with Gasteiger partial charge in [-0.15, -0.1) is 0 Å². The molecule has 0 unspecified atom stereocenters. The Kier molecular flexibility index (Phi) is 4.83. The lowest BCUT2D eigenvalue weighted by Gasteiger charge is -2.19. The monoisotopic (exact) mass is 342 g/mol. The molecule has 0 fully saturated rings. The predicted molar refractivity (Wildman–Crippen MR) is 93.6 cm³/mol. The van der Waals surface area contributed by atoms with Crippen LogP contribution in [0.2, 0.25) is 0 Å². The summed E-state index contributed by atoms with van der Waals surface area (Å²) in [5.74, 6) is 1.86. The highest BCUT2D eigenvalue weighted by molar-refractivity contribution is 5.98. The first-order chi connectivity index (χ1) is 12.0. The van der Waals surface area contributed by atoms with Gasteiger partial charge in [0.15, 0.2) is 28.8 Å². The standard InChI is InChI=1S/C20H22O5/c1-12(8-14-4-7-17-19(9-14)25-11-24-17)13(2)20(22)15-5-6-16(21)18(10-15)23-3/h4-7,9-10,12-13,21H,8,11H2,1-3H3/t12-,13+/m1/s1. The normalized spacial score (nSPS) is 14.8. The van der Waals surface area contributed by atoms with Crippen molar-refractivity contribution in [1.29, 1.82) is 0 Å². The van der Waals surface area contributed by atoms with Gasteiger partial charge in [-0.25, -0.2) is 0 Å². The molecule has 1 aliphatic rings. The number of aromatic hydroxyl groups is 1. The van der Waals surface area contributed by atoms with E-state index in [9.17, 15) is 9.90 Å². The highest BCUT2D eigenvalue weighted by atomic mass is 16.7. The van der Waals surface area contributed by atoms with Crippen molar-refractivity contribution in [2.24, 2.45) is 11.8 Å². The molecule has 5 nitrogen and oxygen atoms in total. The van der Waals surface area contributed by atoms with Crippen molar-refractivity contribution in [2.75, 3.05) is 13.9 Å². The molecule has 0 spiro atoms. The van der Waals surface area contributed by atoms with Crippen LogP contribution >= 0.6 is 0 Å². The van der Waals surface area contributed by atoms with Crippen molar-refractivity contribution in [1.82, 2.24) is 0 Å². The average molecular weight is 342 g/mol. The summed E-state index contributed by atoms with van der Waals surface area (Å²) in [6.45, 7) is 4.25. The van der Waals surface area contributed by atoms with Crippen molar-refractivity contribution in [3.05, 3.63) is 47.5 Å². The molecule has 0 radical (unpaired) electrons. The molecule has 2 aromatic rings. The first-order valence-corrected chi connectivity index (χ1v) is 8.29. The number of methoxy groups -OCH3 is 1. The number of benzene rings is 2. The number of carbonyl (C=O) groups is 1. The van der Waals surface area contributed by atoms with Crippen molar-refractivity contribution in [3.8, 4) is 23.0 Å². The van der Waals surface area contributed by atoms with E-state index in [4.69, 9.17) is 14.2 Å². The maximum absolute atomic E-state index is 12.8. The minimum atomic E-state index is -0.167. The lowest BCUT2D eigenvalue weighted by atomic mass is 9.84. The molecule has 0 aliphatic carbocycles. The zero-order chi connectivity index (χ0) is 18.0. The van der Waals surface area contributed by atoms with Gasteiger partial charge in [0.05, 0.1) is 7.11 Å². The Morgan fingerprint density at radius 2 is 1.92 bits per heavy atom. The van der Waals surface area contributed by atoms with Crippen molar-refractivity contribution in [3.63, 3.8) is 0 Å². The summed E-state index contributed by atoms with van der Waals surface area (Å²) >= 11 is 0. The Morgan fingerprint density at radius 3 is 2.68 bits per heavy atom. The second kappa shape index (κ2) is 7.05. The molecule has 5 heteroatoms. The SMILES string of the molecule is COc1cc(C(=O)[C@@H](C)[C@H](C)Cc2ccc3c(c2)OCO3)ccc1O. The maximum atomic E-state index is 12.8. The number of phenols is 1. The van der Waals surface area contributed by atoms with Crippen LogP contribution in [0.5, 0.6) is 23.0 Å². The molecule has 25 heavy (non-hydrogen) atoms. The largest absolute Gasteiger partial charge is 0.504 e. The van der Waals surface area contributed by atoms with E-state index in [1.807, 2.05) is 25.1 Å². The van der Waals surface area contributed by atoms with Crippen LogP contribution in [0.1, 0.15) is 29.8 Å². The van der Waals surface area contributed by atoms with Gasteiger partial charge in [0.1, 0.15) is 0 Å². The van der Waals surface area contributed by atoms with Gasteiger partial charge in [-0.2, -0.15) is 0 Å². The third-order valence-corrected chi connectivity index (χ3v) is 4.73. The van der Waals surface area contributed by atoms with Gasteiger partial charge in [-0.1, -0.05) is 19.9 Å². The lowest BCUT2D eigenvalue weighted by molar-refractivity contribution is 0.0893. The third-order valence-electron chi connectivity index (χ3n) is 4.73. The molecule has 1 N–H and O–H groups in total. The molecule has 0 saturated carbocycles. The number of rotatable bonds is 6. The van der Waals surface area contributed by atoms with E-state index in [0.29, 0.717) is 11.3 Å². The van der Waals surface area contributed by atoms with E-state index >= 15 is 0 Å². The highest BCUT2D eigenvalue weighted by Gasteiger charge is 2.23. The molecule has 1 heterocycles. The Labute approximate surface area is 147 Å². The van der Waals surface area contributed by atoms with Gasteiger partial charge in [0, 0.05) is 11.5 Å². The minimum Gasteiger partial charge on any atom is -0.504 e. The quantitative estimate of drug-likeness (QED) is 0.808. The summed E-state index contributed by atoms with van der Waals surface area (Å²) in [7, 11) is 1.47. The molecule has 0 saturated heterocycles. The number of Topliss-reactive ketones (excluding diaryl/α,β-unsaturated/α-hetero) is 1. The summed E-state index contributed by atoms with van der Waals surface area (Å²) < 4.78 is 15.8. The molecule has 0 aromatic heterocycles. The van der Waals surface area contributed by atoms with Crippen LogP contribution in [-0.4, -0.2) is 24.8 Å². The summed E-state index contributed by atoms with van der Waals surface area (Å²) in [5, 5.41) is 9.68. The highest BCUT2D eigenvalue weighted by Crippen LogP contribution is 2.34. The van der Waals surface area contributed by atoms with E-state index in [1.54, 1.807) is 12.1 Å². The molecular formula is C20H22O5. The molecule has 2 aromatic carbocycles. The molecule has 0 amide bonds. The molecule has 2 atom stereocenters. The van der Waals surface area contributed by atoms with Crippen LogP contribution in [0.3, 0.4) is 0 Å². The fourth-order valence-corrected chi connectivity index (χ4v) is 2.97. The van der Waals surface area contributed by atoms with Crippen LogP contribution in [0, 0.1) is 11.8 Å². The van der Waals surface area contributed by atoms with E-state index in [-0.39, 0.29) is 30.2 Å². The summed E-state index contributed by atoms with van der Waals surface area (Å²) in [5.41, 5.74) is 1.65. The van der Waals surface area contributed by atoms with Crippen LogP contribution in [0.4, 0.5) is 0 Å². The molecule has 0 bridgehead atoms. The van der Waals surface area contributed by atoms with Crippen LogP contribution in [0.25, 0.3) is 0 Å². The van der Waals surface area contributed by atoms with Gasteiger partial charge >= 0.3 is 0 Å². The summed E-state index contributed by atoms with van der Waals surface area (Å²) in [6.07, 6.45) is 0.763. The Hall–Kier alpha value is -2.69. The van der Waals surface area contributed by atoms with E-state index in [2.05, 4.69) is 6.92 Å². The first-order valence-electron chi connectivity index (χ1n) is 8.29. The fourth-order valence-electron chi connectivity index (χ4n) is 2.97. The van der Waals surface area contributed by atoms with Crippen molar-refractivity contribution >= 4 is 5.78 Å². The van der Waals surface area contributed by atoms with Crippen LogP contribution in [-0.2, 0) is 6.42 Å². The summed E-state index contributed by atoms with van der Waals surface area (Å²) in [4.78, 5) is 12.8. The van der Waals surface area contributed by atoms with Gasteiger partial charge in [-0.05, 0) is 48.2 Å². The number of hydrogen-bond donors (Lipinski definition) is 1. The number of carbonyl (C=O) groups excluding carboxylic acids is 1. The van der Waals surface area contributed by atoms with Crippen LogP contribution < -0.4 is 14.2 Å². The Balaban J connectivity index is 1.71. The molecule has 3 rings (SSSR count). The van der Waals surface area contributed by atoms with E-state index < -0.39 is 0 Å². The zero-order valence-electron chi connectivity index (χ0n) is 14.6. The molecule has 132 valence electrons. The van der Waals surface area contributed by atoms with Crippen molar-refractivity contribution in [2.45, 2.75) is 20.3 Å². The number of hydrogen-bond acceptors (Lipinski definition) is 5. The first kappa shape index (κ1) is 17.1. The predicted octanol–water partition coefficient (Wildman–Crippen LogP) is 3.83. The fraction of sp³-hybridized carbons (Fsp3) is 0.350. The number of ketones is 1. The molecule has 1 aliphatic heterocycles. The van der Waals surface area contributed by atoms with Gasteiger partial charge < -0.3 is 19.3 Å². The summed E-state index contributed by atoms with van der Waals surface area (Å²) in [6, 6.07) is 10.6. The number of ether oxygens (including phenoxy) is 3. The second-order valence-corrected chi connectivity index (χ2v) is 6.41. The van der Waals surface area contributed by atoms with Gasteiger partial charge in [0.2, 0.25) is 6.79 Å². The van der Waals surface area contributed by atoms with Crippen LogP contribution in [0.15, 0.2) is 36.4 Å². The minimum absolute atomic E-state index is 0.0279. The van der Waals surface area contributed by atoms with Gasteiger partial charge in [0.25, 0.3) is 0 Å². The van der Waals surface area contributed by atoms with Gasteiger partial charge in [-0.3, -0.25) is 4.79 Å². The molecular weight excluding hydrogens is 320 g/mol. The third kappa shape index (κ3) is 3.55. The number of fused-ring (bicyclic) bond motifs is 1.